The molecule has 0 bridgehead atoms. The lowest BCUT2D eigenvalue weighted by Gasteiger charge is -2.30. The van der Waals surface area contributed by atoms with Gasteiger partial charge in [0.05, 0.1) is 13.2 Å². The summed E-state index contributed by atoms with van der Waals surface area (Å²) in [5, 5.41) is 13.3. The number of methoxy groups -OCH3 is 1. The van der Waals surface area contributed by atoms with E-state index in [2.05, 4.69) is 5.32 Å². The van der Waals surface area contributed by atoms with Crippen molar-refractivity contribution in [3.63, 3.8) is 0 Å². The van der Waals surface area contributed by atoms with Gasteiger partial charge >= 0.3 is 0 Å². The highest BCUT2D eigenvalue weighted by Gasteiger charge is 2.26. The van der Waals surface area contributed by atoms with Crippen LogP contribution in [0.25, 0.3) is 0 Å². The minimum atomic E-state index is -0.499. The maximum atomic E-state index is 10.1. The van der Waals surface area contributed by atoms with Crippen LogP contribution in [0.2, 0.25) is 0 Å². The third-order valence-electron chi connectivity index (χ3n) is 2.88. The molecule has 1 aliphatic rings. The van der Waals surface area contributed by atoms with Crippen molar-refractivity contribution in [2.75, 3.05) is 25.5 Å². The molecule has 4 N–H and O–H groups in total. The summed E-state index contributed by atoms with van der Waals surface area (Å²) in [6.45, 7) is 1.20. The van der Waals surface area contributed by atoms with Crippen LogP contribution in [0.3, 0.4) is 0 Å². The molecule has 0 radical (unpaired) electrons. The molecule has 4 nitrogen and oxygen atoms in total. The summed E-state index contributed by atoms with van der Waals surface area (Å²) in [4.78, 5) is 0. The molecule has 0 amide bonds. The maximum Gasteiger partial charge on any atom is 0.119 e. The minimum absolute atomic E-state index is 0.0737. The van der Waals surface area contributed by atoms with E-state index in [0.717, 1.165) is 23.5 Å². The molecular formula is C11H16N2O2. The van der Waals surface area contributed by atoms with Gasteiger partial charge in [0.25, 0.3) is 0 Å². The molecule has 1 aromatic rings. The van der Waals surface area contributed by atoms with Crippen molar-refractivity contribution in [3.8, 4) is 5.75 Å². The van der Waals surface area contributed by atoms with Gasteiger partial charge < -0.3 is 20.9 Å². The van der Waals surface area contributed by atoms with Gasteiger partial charge in [-0.1, -0.05) is 0 Å². The van der Waals surface area contributed by atoms with E-state index in [-0.39, 0.29) is 5.92 Å². The van der Waals surface area contributed by atoms with Crippen molar-refractivity contribution in [2.45, 2.75) is 6.10 Å². The van der Waals surface area contributed by atoms with E-state index in [9.17, 15) is 5.11 Å². The highest BCUT2D eigenvalue weighted by molar-refractivity contribution is 5.57. The van der Waals surface area contributed by atoms with Crippen molar-refractivity contribution >= 4 is 5.69 Å². The van der Waals surface area contributed by atoms with Crippen LogP contribution in [0, 0.1) is 5.92 Å². The van der Waals surface area contributed by atoms with Crippen molar-refractivity contribution in [1.29, 1.82) is 0 Å². The molecule has 0 saturated carbocycles. The zero-order chi connectivity index (χ0) is 10.8. The normalized spacial score (nSPS) is 24.2. The predicted molar refractivity (Wildman–Crippen MR) is 59.0 cm³/mol. The lowest BCUT2D eigenvalue weighted by molar-refractivity contribution is 0.114. The first-order valence-electron chi connectivity index (χ1n) is 5.06. The Morgan fingerprint density at radius 2 is 2.40 bits per heavy atom. The molecule has 1 heterocycles. The summed E-state index contributed by atoms with van der Waals surface area (Å²) in [5.74, 6) is 0.830. The third-order valence-corrected chi connectivity index (χ3v) is 2.88. The highest BCUT2D eigenvalue weighted by atomic mass is 16.5. The van der Waals surface area contributed by atoms with Crippen molar-refractivity contribution in [1.82, 2.24) is 0 Å². The summed E-state index contributed by atoms with van der Waals surface area (Å²) in [6, 6.07) is 5.65. The number of benzene rings is 1. The van der Waals surface area contributed by atoms with Gasteiger partial charge in [-0.25, -0.2) is 0 Å². The molecule has 0 aliphatic carbocycles. The number of nitrogens with one attached hydrogen (secondary N) is 1. The Balaban J connectivity index is 2.35. The molecule has 82 valence electrons. The molecule has 0 spiro atoms. The van der Waals surface area contributed by atoms with Crippen LogP contribution in [-0.2, 0) is 0 Å². The SMILES string of the molecule is COc1ccc2c(c1)[C@@H](O)[C@H](CN)CN2. The molecular weight excluding hydrogens is 192 g/mol. The van der Waals surface area contributed by atoms with Crippen LogP contribution in [0.5, 0.6) is 5.75 Å². The first kappa shape index (κ1) is 10.3. The summed E-state index contributed by atoms with van der Waals surface area (Å²) >= 11 is 0. The fourth-order valence-corrected chi connectivity index (χ4v) is 1.89. The lowest BCUT2D eigenvalue weighted by atomic mass is 9.91. The van der Waals surface area contributed by atoms with E-state index in [0.29, 0.717) is 6.54 Å². The molecule has 0 saturated heterocycles. The van der Waals surface area contributed by atoms with E-state index >= 15 is 0 Å². The molecule has 0 unspecified atom stereocenters. The number of rotatable bonds is 2. The Morgan fingerprint density at radius 1 is 1.60 bits per heavy atom. The maximum absolute atomic E-state index is 10.1. The predicted octanol–water partition coefficient (Wildman–Crippen LogP) is 0.729. The van der Waals surface area contributed by atoms with Gasteiger partial charge in [0.15, 0.2) is 0 Å². The second kappa shape index (κ2) is 4.08. The summed E-state index contributed by atoms with van der Waals surface area (Å²) in [5.41, 5.74) is 7.43. The number of aliphatic hydroxyl groups is 1. The molecule has 2 rings (SSSR count). The average Bonchev–Trinajstić information content (AvgIpc) is 2.29. The van der Waals surface area contributed by atoms with Crippen LogP contribution in [0.15, 0.2) is 18.2 Å². The number of fused-ring (bicyclic) bond motifs is 1. The van der Waals surface area contributed by atoms with E-state index < -0.39 is 6.10 Å². The highest BCUT2D eigenvalue weighted by Crippen LogP contribution is 2.35. The van der Waals surface area contributed by atoms with Gasteiger partial charge in [0.2, 0.25) is 0 Å². The summed E-state index contributed by atoms with van der Waals surface area (Å²) < 4.78 is 5.13. The summed E-state index contributed by atoms with van der Waals surface area (Å²) in [6.07, 6.45) is -0.499. The van der Waals surface area contributed by atoms with Crippen LogP contribution >= 0.6 is 0 Å². The zero-order valence-corrected chi connectivity index (χ0v) is 8.73. The second-order valence-corrected chi connectivity index (χ2v) is 3.77. The summed E-state index contributed by atoms with van der Waals surface area (Å²) in [7, 11) is 1.62. The van der Waals surface area contributed by atoms with E-state index in [1.165, 1.54) is 0 Å². The van der Waals surface area contributed by atoms with Gasteiger partial charge in [0.1, 0.15) is 5.75 Å². The lowest BCUT2D eigenvalue weighted by Crippen LogP contribution is -2.33. The Morgan fingerprint density at radius 3 is 3.07 bits per heavy atom. The topological polar surface area (TPSA) is 67.5 Å². The van der Waals surface area contributed by atoms with Gasteiger partial charge in [-0.3, -0.25) is 0 Å². The number of aliphatic hydroxyl groups excluding tert-OH is 1. The van der Waals surface area contributed by atoms with E-state index in [1.807, 2.05) is 18.2 Å². The molecule has 15 heavy (non-hydrogen) atoms. The first-order valence-corrected chi connectivity index (χ1v) is 5.06. The fourth-order valence-electron chi connectivity index (χ4n) is 1.89. The smallest absolute Gasteiger partial charge is 0.119 e. The Kier molecular flexibility index (Phi) is 2.79. The van der Waals surface area contributed by atoms with Crippen molar-refractivity contribution in [3.05, 3.63) is 23.8 Å². The number of ether oxygens (including phenoxy) is 1. The molecule has 1 aromatic carbocycles. The molecule has 1 aliphatic heterocycles. The van der Waals surface area contributed by atoms with Crippen molar-refractivity contribution < 1.29 is 9.84 Å². The van der Waals surface area contributed by atoms with Crippen molar-refractivity contribution in [2.24, 2.45) is 11.7 Å². The van der Waals surface area contributed by atoms with Gasteiger partial charge in [-0.2, -0.15) is 0 Å². The quantitative estimate of drug-likeness (QED) is 0.670. The Hall–Kier alpha value is -1.26. The Labute approximate surface area is 89.0 Å². The second-order valence-electron chi connectivity index (χ2n) is 3.77. The van der Waals surface area contributed by atoms with Gasteiger partial charge in [-0.15, -0.1) is 0 Å². The van der Waals surface area contributed by atoms with E-state index in [4.69, 9.17) is 10.5 Å². The van der Waals surface area contributed by atoms with Gasteiger partial charge in [-0.05, 0) is 24.7 Å². The molecule has 0 fully saturated rings. The molecule has 4 heteroatoms. The number of hydrogen-bond donors (Lipinski definition) is 3. The van der Waals surface area contributed by atoms with Crippen LogP contribution in [0.1, 0.15) is 11.7 Å². The third kappa shape index (κ3) is 1.78. The molecule has 2 atom stereocenters. The number of anilines is 1. The van der Waals surface area contributed by atoms with Gasteiger partial charge in [0, 0.05) is 23.7 Å². The fraction of sp³-hybridized carbons (Fsp3) is 0.455. The largest absolute Gasteiger partial charge is 0.497 e. The minimum Gasteiger partial charge on any atom is -0.497 e. The molecule has 0 aromatic heterocycles. The Bertz CT molecular complexity index is 354. The van der Waals surface area contributed by atoms with Crippen LogP contribution in [0.4, 0.5) is 5.69 Å². The number of nitrogens with two attached hydrogens (primary N) is 1. The van der Waals surface area contributed by atoms with Crippen LogP contribution in [-0.4, -0.2) is 25.3 Å². The van der Waals surface area contributed by atoms with Crippen LogP contribution < -0.4 is 15.8 Å². The van der Waals surface area contributed by atoms with E-state index in [1.54, 1.807) is 7.11 Å². The zero-order valence-electron chi connectivity index (χ0n) is 8.73. The average molecular weight is 208 g/mol. The standard InChI is InChI=1S/C11H16N2O2/c1-15-8-2-3-10-9(4-8)11(14)7(5-12)6-13-10/h2-4,7,11,13-14H,5-6,12H2,1H3/t7-,11+/m1/s1. The first-order chi connectivity index (χ1) is 7.26. The number of hydrogen-bond acceptors (Lipinski definition) is 4. The monoisotopic (exact) mass is 208 g/mol.